The molecule has 2 amide bonds. The zero-order valence-corrected chi connectivity index (χ0v) is 16.4. The molecule has 7 nitrogen and oxygen atoms in total. The van der Waals surface area contributed by atoms with E-state index < -0.39 is 5.92 Å². The van der Waals surface area contributed by atoms with Crippen molar-refractivity contribution >= 4 is 34.0 Å². The SMILES string of the molecule is O=C(Nc1nc(-c2cccc(F)c2)cs1)C1CC(=O)N(c2ccc3c(c2)OCO3)C1. The molecule has 0 aliphatic carbocycles. The van der Waals surface area contributed by atoms with Gasteiger partial charge in [0.05, 0.1) is 11.6 Å². The van der Waals surface area contributed by atoms with Crippen LogP contribution in [0, 0.1) is 11.7 Å². The summed E-state index contributed by atoms with van der Waals surface area (Å²) in [5.74, 6) is -0.0256. The molecule has 2 aliphatic heterocycles. The van der Waals surface area contributed by atoms with Crippen LogP contribution in [-0.4, -0.2) is 30.1 Å². The van der Waals surface area contributed by atoms with E-state index in [9.17, 15) is 14.0 Å². The number of amides is 2. The van der Waals surface area contributed by atoms with Crippen LogP contribution in [0.2, 0.25) is 0 Å². The zero-order valence-electron chi connectivity index (χ0n) is 15.6. The maximum Gasteiger partial charge on any atom is 0.231 e. The number of ether oxygens (including phenoxy) is 2. The summed E-state index contributed by atoms with van der Waals surface area (Å²) in [7, 11) is 0. The van der Waals surface area contributed by atoms with E-state index >= 15 is 0 Å². The molecule has 1 aromatic heterocycles. The molecule has 0 radical (unpaired) electrons. The molecule has 5 rings (SSSR count). The van der Waals surface area contributed by atoms with Crippen LogP contribution in [0.15, 0.2) is 47.8 Å². The molecule has 1 unspecified atom stereocenters. The first-order valence-corrected chi connectivity index (χ1v) is 10.2. The van der Waals surface area contributed by atoms with Gasteiger partial charge >= 0.3 is 0 Å². The van der Waals surface area contributed by atoms with Gasteiger partial charge in [-0.25, -0.2) is 9.37 Å². The lowest BCUT2D eigenvalue weighted by molar-refractivity contribution is -0.122. The van der Waals surface area contributed by atoms with Gasteiger partial charge in [0.15, 0.2) is 16.6 Å². The Labute approximate surface area is 175 Å². The van der Waals surface area contributed by atoms with Crippen molar-refractivity contribution in [3.63, 3.8) is 0 Å². The average Bonchev–Trinajstić information content (AvgIpc) is 3.46. The Kier molecular flexibility index (Phi) is 4.59. The number of rotatable bonds is 4. The van der Waals surface area contributed by atoms with Crippen molar-refractivity contribution in [3.8, 4) is 22.8 Å². The summed E-state index contributed by atoms with van der Waals surface area (Å²) in [6.07, 6.45) is 0.113. The van der Waals surface area contributed by atoms with Gasteiger partial charge in [0, 0.05) is 35.7 Å². The maximum atomic E-state index is 13.4. The number of anilines is 2. The van der Waals surface area contributed by atoms with Crippen molar-refractivity contribution in [3.05, 3.63) is 53.7 Å². The Morgan fingerprint density at radius 1 is 1.20 bits per heavy atom. The first kappa shape index (κ1) is 18.6. The lowest BCUT2D eigenvalue weighted by Gasteiger charge is -2.17. The third kappa shape index (κ3) is 3.48. The van der Waals surface area contributed by atoms with Gasteiger partial charge in [-0.15, -0.1) is 11.3 Å². The molecule has 0 bridgehead atoms. The highest BCUT2D eigenvalue weighted by molar-refractivity contribution is 7.14. The van der Waals surface area contributed by atoms with Gasteiger partial charge in [0.1, 0.15) is 5.82 Å². The minimum absolute atomic E-state index is 0.113. The molecule has 2 aliphatic rings. The van der Waals surface area contributed by atoms with Crippen LogP contribution in [-0.2, 0) is 9.59 Å². The molecule has 3 heterocycles. The topological polar surface area (TPSA) is 80.8 Å². The summed E-state index contributed by atoms with van der Waals surface area (Å²) in [4.78, 5) is 31.1. The van der Waals surface area contributed by atoms with Crippen molar-refractivity contribution in [2.45, 2.75) is 6.42 Å². The average molecular weight is 425 g/mol. The Balaban J connectivity index is 1.27. The van der Waals surface area contributed by atoms with Gasteiger partial charge in [0.25, 0.3) is 0 Å². The Hall–Kier alpha value is -3.46. The number of fused-ring (bicyclic) bond motifs is 1. The summed E-state index contributed by atoms with van der Waals surface area (Å²) >= 11 is 1.25. The van der Waals surface area contributed by atoms with Crippen molar-refractivity contribution in [1.82, 2.24) is 4.98 Å². The van der Waals surface area contributed by atoms with Gasteiger partial charge in [-0.1, -0.05) is 12.1 Å². The second-order valence-corrected chi connectivity index (χ2v) is 7.84. The van der Waals surface area contributed by atoms with E-state index in [2.05, 4.69) is 10.3 Å². The highest BCUT2D eigenvalue weighted by Gasteiger charge is 2.36. The molecular formula is C21H16FN3O4S. The van der Waals surface area contributed by atoms with E-state index in [1.165, 1.54) is 23.5 Å². The maximum absolute atomic E-state index is 13.4. The van der Waals surface area contributed by atoms with Crippen molar-refractivity contribution in [2.24, 2.45) is 5.92 Å². The number of nitrogens with zero attached hydrogens (tertiary/aromatic N) is 2. The van der Waals surface area contributed by atoms with Crippen LogP contribution >= 0.6 is 11.3 Å². The van der Waals surface area contributed by atoms with Crippen LogP contribution in [0.5, 0.6) is 11.5 Å². The fourth-order valence-corrected chi connectivity index (χ4v) is 4.23. The van der Waals surface area contributed by atoms with E-state index in [0.717, 1.165) is 0 Å². The van der Waals surface area contributed by atoms with E-state index in [1.54, 1.807) is 40.6 Å². The zero-order chi connectivity index (χ0) is 20.7. The minimum atomic E-state index is -0.496. The van der Waals surface area contributed by atoms with E-state index in [1.807, 2.05) is 0 Å². The smallest absolute Gasteiger partial charge is 0.231 e. The van der Waals surface area contributed by atoms with Crippen LogP contribution in [0.3, 0.4) is 0 Å². The molecule has 3 aromatic rings. The fraction of sp³-hybridized carbons (Fsp3) is 0.190. The molecule has 0 spiro atoms. The van der Waals surface area contributed by atoms with Crippen LogP contribution in [0.4, 0.5) is 15.2 Å². The third-order valence-electron chi connectivity index (χ3n) is 5.02. The summed E-state index contributed by atoms with van der Waals surface area (Å²) in [6.45, 7) is 0.426. The fourth-order valence-electron chi connectivity index (χ4n) is 3.50. The first-order valence-electron chi connectivity index (χ1n) is 9.29. The standard InChI is InChI=1S/C21H16FN3O4S/c22-14-3-1-2-12(6-14)16-10-30-21(23-16)24-20(27)13-7-19(26)25(9-13)15-4-5-17-18(8-15)29-11-28-17/h1-6,8,10,13H,7,9,11H2,(H,23,24,27). The number of carbonyl (C=O) groups excluding carboxylic acids is 2. The van der Waals surface area contributed by atoms with Crippen molar-refractivity contribution < 1.29 is 23.5 Å². The largest absolute Gasteiger partial charge is 0.454 e. The van der Waals surface area contributed by atoms with Gasteiger partial charge < -0.3 is 19.7 Å². The lowest BCUT2D eigenvalue weighted by atomic mass is 10.1. The molecule has 1 fully saturated rings. The molecule has 1 N–H and O–H groups in total. The summed E-state index contributed by atoms with van der Waals surface area (Å²) in [5, 5.41) is 4.94. The van der Waals surface area contributed by atoms with Crippen LogP contribution in [0.25, 0.3) is 11.3 Å². The molecule has 1 saturated heterocycles. The highest BCUT2D eigenvalue weighted by Crippen LogP contribution is 2.37. The van der Waals surface area contributed by atoms with Crippen LogP contribution in [0.1, 0.15) is 6.42 Å². The number of halogens is 1. The van der Waals surface area contributed by atoms with E-state index in [4.69, 9.17) is 9.47 Å². The summed E-state index contributed by atoms with van der Waals surface area (Å²) < 4.78 is 24.1. The van der Waals surface area contributed by atoms with E-state index in [-0.39, 0.29) is 37.4 Å². The van der Waals surface area contributed by atoms with Crippen LogP contribution < -0.4 is 19.7 Å². The Morgan fingerprint density at radius 3 is 2.93 bits per heavy atom. The lowest BCUT2D eigenvalue weighted by Crippen LogP contribution is -2.28. The first-order chi connectivity index (χ1) is 14.6. The summed E-state index contributed by atoms with van der Waals surface area (Å²) in [6, 6.07) is 11.4. The Bertz CT molecular complexity index is 1150. The molecule has 1 atom stereocenters. The molecule has 0 saturated carbocycles. The molecule has 9 heteroatoms. The highest BCUT2D eigenvalue weighted by atomic mass is 32.1. The van der Waals surface area contributed by atoms with E-state index in [0.29, 0.717) is 33.6 Å². The number of carbonyl (C=O) groups is 2. The number of hydrogen-bond acceptors (Lipinski definition) is 6. The number of aromatic nitrogens is 1. The van der Waals surface area contributed by atoms with Gasteiger partial charge in [-0.2, -0.15) is 0 Å². The molecular weight excluding hydrogens is 409 g/mol. The number of thiazole rings is 1. The number of benzene rings is 2. The number of nitrogens with one attached hydrogen (secondary N) is 1. The minimum Gasteiger partial charge on any atom is -0.454 e. The second kappa shape index (κ2) is 7.42. The molecule has 30 heavy (non-hydrogen) atoms. The third-order valence-corrected chi connectivity index (χ3v) is 5.78. The summed E-state index contributed by atoms with van der Waals surface area (Å²) in [5.41, 5.74) is 1.89. The number of hydrogen-bond donors (Lipinski definition) is 1. The molecule has 2 aromatic carbocycles. The monoisotopic (exact) mass is 425 g/mol. The molecule has 152 valence electrons. The van der Waals surface area contributed by atoms with Gasteiger partial charge in [-0.3, -0.25) is 9.59 Å². The van der Waals surface area contributed by atoms with Crippen molar-refractivity contribution in [1.29, 1.82) is 0 Å². The quantitative estimate of drug-likeness (QED) is 0.690. The normalized spacial score (nSPS) is 17.4. The predicted octanol–water partition coefficient (Wildman–Crippen LogP) is 3.67. The Morgan fingerprint density at radius 2 is 2.07 bits per heavy atom. The second-order valence-electron chi connectivity index (χ2n) is 6.98. The van der Waals surface area contributed by atoms with Gasteiger partial charge in [-0.05, 0) is 24.3 Å². The van der Waals surface area contributed by atoms with Gasteiger partial charge in [0.2, 0.25) is 18.6 Å². The van der Waals surface area contributed by atoms with Crippen molar-refractivity contribution in [2.75, 3.05) is 23.6 Å². The predicted molar refractivity (Wildman–Crippen MR) is 109 cm³/mol.